The molecule has 0 atom stereocenters. The van der Waals surface area contributed by atoms with Crippen LogP contribution in [-0.4, -0.2) is 17.7 Å². The average Bonchev–Trinajstić information content (AvgIpc) is 2.51. The summed E-state index contributed by atoms with van der Waals surface area (Å²) in [5.41, 5.74) is 1.53. The van der Waals surface area contributed by atoms with Gasteiger partial charge < -0.3 is 9.84 Å². The second-order valence-corrected chi connectivity index (χ2v) is 4.38. The summed E-state index contributed by atoms with van der Waals surface area (Å²) in [5, 5.41) is 16.8. The molecular formula is C16H16N2O3. The van der Waals surface area contributed by atoms with Crippen LogP contribution >= 0.6 is 0 Å². The van der Waals surface area contributed by atoms with Gasteiger partial charge in [-0.2, -0.15) is 10.2 Å². The Hall–Kier alpha value is -2.69. The number of benzene rings is 2. The summed E-state index contributed by atoms with van der Waals surface area (Å²) in [6.07, 6.45) is 0.605. The minimum atomic E-state index is -0.810. The van der Waals surface area contributed by atoms with Crippen molar-refractivity contribution in [3.63, 3.8) is 0 Å². The molecule has 0 saturated heterocycles. The van der Waals surface area contributed by atoms with Crippen LogP contribution in [0.2, 0.25) is 0 Å². The summed E-state index contributed by atoms with van der Waals surface area (Å²) in [5.74, 6) is -0.116. The zero-order chi connectivity index (χ0) is 14.9. The number of carbonyl (C=O) groups is 1. The van der Waals surface area contributed by atoms with E-state index < -0.39 is 5.97 Å². The van der Waals surface area contributed by atoms with Crippen LogP contribution in [-0.2, 0) is 4.79 Å². The number of hydrogen-bond acceptors (Lipinski definition) is 4. The van der Waals surface area contributed by atoms with Gasteiger partial charge in [0.2, 0.25) is 0 Å². The second kappa shape index (κ2) is 7.79. The Bertz CT molecular complexity index is 595. The minimum Gasteiger partial charge on any atom is -0.494 e. The lowest BCUT2D eigenvalue weighted by atomic mass is 10.3. The van der Waals surface area contributed by atoms with Gasteiger partial charge in [-0.05, 0) is 42.8 Å². The number of carboxylic acid groups (broad SMARTS) is 1. The van der Waals surface area contributed by atoms with Gasteiger partial charge in [-0.15, -0.1) is 0 Å². The van der Waals surface area contributed by atoms with E-state index in [0.717, 1.165) is 11.4 Å². The predicted octanol–water partition coefficient (Wildman–Crippen LogP) is 4.35. The Morgan fingerprint density at radius 1 is 0.952 bits per heavy atom. The molecule has 21 heavy (non-hydrogen) atoms. The average molecular weight is 284 g/mol. The molecule has 0 amide bonds. The second-order valence-electron chi connectivity index (χ2n) is 4.38. The number of ether oxygens (including phenoxy) is 1. The van der Waals surface area contributed by atoms with Gasteiger partial charge in [0.25, 0.3) is 0 Å². The first-order chi connectivity index (χ1) is 10.2. The molecule has 0 aliphatic carbocycles. The molecule has 5 nitrogen and oxygen atoms in total. The third kappa shape index (κ3) is 5.44. The predicted molar refractivity (Wildman–Crippen MR) is 79.4 cm³/mol. The van der Waals surface area contributed by atoms with Crippen molar-refractivity contribution < 1.29 is 14.6 Å². The summed E-state index contributed by atoms with van der Waals surface area (Å²) in [6, 6.07) is 16.7. The van der Waals surface area contributed by atoms with E-state index >= 15 is 0 Å². The molecule has 0 spiro atoms. The van der Waals surface area contributed by atoms with Crippen molar-refractivity contribution in [3.8, 4) is 5.75 Å². The van der Waals surface area contributed by atoms with Gasteiger partial charge in [-0.3, -0.25) is 4.79 Å². The van der Waals surface area contributed by atoms with E-state index in [1.165, 1.54) is 0 Å². The number of rotatable bonds is 7. The topological polar surface area (TPSA) is 71.2 Å². The van der Waals surface area contributed by atoms with Crippen molar-refractivity contribution >= 4 is 17.3 Å². The van der Waals surface area contributed by atoms with Crippen LogP contribution in [0.5, 0.6) is 5.75 Å². The maximum Gasteiger partial charge on any atom is 0.303 e. The molecule has 0 heterocycles. The summed E-state index contributed by atoms with van der Waals surface area (Å²) in [7, 11) is 0. The fraction of sp³-hybridized carbons (Fsp3) is 0.188. The summed E-state index contributed by atoms with van der Waals surface area (Å²) >= 11 is 0. The lowest BCUT2D eigenvalue weighted by Gasteiger charge is -2.04. The van der Waals surface area contributed by atoms with Crippen LogP contribution in [0, 0.1) is 0 Å². The lowest BCUT2D eigenvalue weighted by Crippen LogP contribution is -2.01. The molecule has 0 bridgehead atoms. The van der Waals surface area contributed by atoms with Crippen molar-refractivity contribution in [2.24, 2.45) is 10.2 Å². The monoisotopic (exact) mass is 284 g/mol. The molecule has 0 radical (unpaired) electrons. The Labute approximate surface area is 122 Å². The van der Waals surface area contributed by atoms with Crippen LogP contribution in [0.3, 0.4) is 0 Å². The highest BCUT2D eigenvalue weighted by atomic mass is 16.5. The molecule has 0 saturated carbocycles. The van der Waals surface area contributed by atoms with Crippen molar-refractivity contribution in [2.75, 3.05) is 6.61 Å². The smallest absolute Gasteiger partial charge is 0.303 e. The van der Waals surface area contributed by atoms with E-state index in [9.17, 15) is 4.79 Å². The highest BCUT2D eigenvalue weighted by Gasteiger charge is 1.98. The molecule has 0 aromatic heterocycles. The molecule has 2 rings (SSSR count). The highest BCUT2D eigenvalue weighted by Crippen LogP contribution is 2.21. The summed E-state index contributed by atoms with van der Waals surface area (Å²) in [4.78, 5) is 10.4. The fourth-order valence-electron chi connectivity index (χ4n) is 1.63. The standard InChI is InChI=1S/C16H16N2O3/c19-16(20)7-4-12-21-15-10-8-14(9-11-15)18-17-13-5-2-1-3-6-13/h1-3,5-6,8-11H,4,7,12H2,(H,19,20). The molecule has 2 aromatic rings. The van der Waals surface area contributed by atoms with E-state index in [-0.39, 0.29) is 6.42 Å². The number of azo groups is 1. The molecule has 0 aliphatic heterocycles. The van der Waals surface area contributed by atoms with Crippen LogP contribution < -0.4 is 4.74 Å². The molecule has 5 heteroatoms. The quantitative estimate of drug-likeness (QED) is 0.607. The van der Waals surface area contributed by atoms with Crippen molar-refractivity contribution in [1.29, 1.82) is 0 Å². The summed E-state index contributed by atoms with van der Waals surface area (Å²) < 4.78 is 5.44. The lowest BCUT2D eigenvalue weighted by molar-refractivity contribution is -0.137. The van der Waals surface area contributed by atoms with Crippen LogP contribution in [0.25, 0.3) is 0 Å². The number of nitrogens with zero attached hydrogens (tertiary/aromatic N) is 2. The fourth-order valence-corrected chi connectivity index (χ4v) is 1.63. The zero-order valence-corrected chi connectivity index (χ0v) is 11.5. The Kier molecular flexibility index (Phi) is 5.46. The summed E-state index contributed by atoms with van der Waals surface area (Å²) in [6.45, 7) is 0.386. The van der Waals surface area contributed by atoms with Crippen LogP contribution in [0.4, 0.5) is 11.4 Å². The molecule has 108 valence electrons. The maximum absolute atomic E-state index is 10.4. The first-order valence-electron chi connectivity index (χ1n) is 6.65. The van der Waals surface area contributed by atoms with E-state index in [0.29, 0.717) is 18.8 Å². The van der Waals surface area contributed by atoms with Crippen LogP contribution in [0.1, 0.15) is 12.8 Å². The molecule has 0 unspecified atom stereocenters. The van der Waals surface area contributed by atoms with E-state index in [1.807, 2.05) is 30.3 Å². The number of carboxylic acids is 1. The Balaban J connectivity index is 1.84. The minimum absolute atomic E-state index is 0.114. The zero-order valence-electron chi connectivity index (χ0n) is 11.5. The third-order valence-corrected chi connectivity index (χ3v) is 2.68. The normalized spacial score (nSPS) is 10.7. The number of aliphatic carboxylic acids is 1. The van der Waals surface area contributed by atoms with Gasteiger partial charge >= 0.3 is 5.97 Å². The van der Waals surface area contributed by atoms with Gasteiger partial charge in [0.05, 0.1) is 18.0 Å². The highest BCUT2D eigenvalue weighted by molar-refractivity contribution is 5.66. The van der Waals surface area contributed by atoms with Crippen molar-refractivity contribution in [3.05, 3.63) is 54.6 Å². The molecular weight excluding hydrogens is 268 g/mol. The van der Waals surface area contributed by atoms with Gasteiger partial charge in [0.1, 0.15) is 5.75 Å². The molecule has 1 N–H and O–H groups in total. The largest absolute Gasteiger partial charge is 0.494 e. The van der Waals surface area contributed by atoms with E-state index in [1.54, 1.807) is 24.3 Å². The van der Waals surface area contributed by atoms with E-state index in [4.69, 9.17) is 9.84 Å². The molecule has 2 aromatic carbocycles. The molecule has 0 fully saturated rings. The van der Waals surface area contributed by atoms with Crippen molar-refractivity contribution in [2.45, 2.75) is 12.8 Å². The molecule has 0 aliphatic rings. The van der Waals surface area contributed by atoms with E-state index in [2.05, 4.69) is 10.2 Å². The maximum atomic E-state index is 10.4. The van der Waals surface area contributed by atoms with Gasteiger partial charge in [0.15, 0.2) is 0 Å². The van der Waals surface area contributed by atoms with Crippen LogP contribution in [0.15, 0.2) is 64.8 Å². The first kappa shape index (κ1) is 14.7. The third-order valence-electron chi connectivity index (χ3n) is 2.68. The van der Waals surface area contributed by atoms with Gasteiger partial charge in [-0.1, -0.05) is 18.2 Å². The first-order valence-corrected chi connectivity index (χ1v) is 6.65. The van der Waals surface area contributed by atoms with Crippen molar-refractivity contribution in [1.82, 2.24) is 0 Å². The van der Waals surface area contributed by atoms with Gasteiger partial charge in [-0.25, -0.2) is 0 Å². The Morgan fingerprint density at radius 2 is 1.57 bits per heavy atom. The van der Waals surface area contributed by atoms with Gasteiger partial charge in [0, 0.05) is 6.42 Å². The SMILES string of the molecule is O=C(O)CCCOc1ccc(N=Nc2ccccc2)cc1. The Morgan fingerprint density at radius 3 is 2.19 bits per heavy atom. The number of hydrogen-bond donors (Lipinski definition) is 1.